The summed E-state index contributed by atoms with van der Waals surface area (Å²) in [5.74, 6) is -1.02. The fourth-order valence-corrected chi connectivity index (χ4v) is 1.48. The van der Waals surface area contributed by atoms with E-state index in [4.69, 9.17) is 5.11 Å². The van der Waals surface area contributed by atoms with Crippen LogP contribution in [0.5, 0.6) is 0 Å². The van der Waals surface area contributed by atoms with Crippen LogP contribution in [0.25, 0.3) is 11.1 Å². The van der Waals surface area contributed by atoms with E-state index in [1.165, 1.54) is 0 Å². The Hall–Kier alpha value is -2.23. The zero-order chi connectivity index (χ0) is 11.5. The molecule has 16 heavy (non-hydrogen) atoms. The molecule has 1 N–H and O–H groups in total. The summed E-state index contributed by atoms with van der Waals surface area (Å²) >= 11 is 0. The Morgan fingerprint density at radius 3 is 2.50 bits per heavy atom. The number of hydrogen-bond acceptors (Lipinski definition) is 3. The highest BCUT2D eigenvalue weighted by Crippen LogP contribution is 2.21. The minimum Gasteiger partial charge on any atom is -0.476 e. The molecule has 0 bridgehead atoms. The van der Waals surface area contributed by atoms with Crippen molar-refractivity contribution in [2.75, 3.05) is 0 Å². The molecule has 4 heteroatoms. The van der Waals surface area contributed by atoms with Crippen molar-refractivity contribution in [2.45, 2.75) is 6.92 Å². The van der Waals surface area contributed by atoms with Gasteiger partial charge in [-0.05, 0) is 30.7 Å². The maximum atomic E-state index is 11.1. The van der Waals surface area contributed by atoms with Crippen molar-refractivity contribution in [2.24, 2.45) is 0 Å². The molecule has 0 aliphatic rings. The molecule has 0 amide bonds. The standard InChI is InChI=1S/C12H10N2O2/c1-8-2-3-10(11(14-8)12(15)16)9-4-6-13-7-5-9/h2-7H,1H3,(H,15,16). The molecule has 0 atom stereocenters. The first-order valence-corrected chi connectivity index (χ1v) is 4.80. The number of rotatable bonds is 2. The maximum Gasteiger partial charge on any atom is 0.355 e. The molecule has 4 nitrogen and oxygen atoms in total. The summed E-state index contributed by atoms with van der Waals surface area (Å²) in [5.41, 5.74) is 2.18. The van der Waals surface area contributed by atoms with Gasteiger partial charge in [0.15, 0.2) is 5.69 Å². The minimum atomic E-state index is -1.02. The van der Waals surface area contributed by atoms with Gasteiger partial charge in [-0.2, -0.15) is 0 Å². The van der Waals surface area contributed by atoms with Crippen molar-refractivity contribution in [3.8, 4) is 11.1 Å². The lowest BCUT2D eigenvalue weighted by Gasteiger charge is -2.05. The Bertz CT molecular complexity index is 524. The van der Waals surface area contributed by atoms with Gasteiger partial charge in [-0.25, -0.2) is 9.78 Å². The lowest BCUT2D eigenvalue weighted by atomic mass is 10.0. The molecule has 0 aliphatic carbocycles. The Kier molecular flexibility index (Phi) is 2.64. The topological polar surface area (TPSA) is 63.1 Å². The molecule has 0 saturated heterocycles. The summed E-state index contributed by atoms with van der Waals surface area (Å²) in [6, 6.07) is 7.08. The van der Waals surface area contributed by atoms with Crippen molar-refractivity contribution in [1.29, 1.82) is 0 Å². The number of carboxylic acid groups (broad SMARTS) is 1. The largest absolute Gasteiger partial charge is 0.476 e. The van der Waals surface area contributed by atoms with Gasteiger partial charge in [-0.1, -0.05) is 6.07 Å². The van der Waals surface area contributed by atoms with E-state index < -0.39 is 5.97 Å². The Balaban J connectivity index is 2.61. The van der Waals surface area contributed by atoms with E-state index in [1.54, 1.807) is 43.6 Å². The molecule has 2 aromatic rings. The maximum absolute atomic E-state index is 11.1. The van der Waals surface area contributed by atoms with Gasteiger partial charge in [-0.3, -0.25) is 4.98 Å². The van der Waals surface area contributed by atoms with Gasteiger partial charge in [0, 0.05) is 23.7 Å². The van der Waals surface area contributed by atoms with E-state index >= 15 is 0 Å². The van der Waals surface area contributed by atoms with Gasteiger partial charge in [0.1, 0.15) is 0 Å². The lowest BCUT2D eigenvalue weighted by Crippen LogP contribution is -2.04. The van der Waals surface area contributed by atoms with Crippen LogP contribution < -0.4 is 0 Å². The highest BCUT2D eigenvalue weighted by Gasteiger charge is 2.13. The van der Waals surface area contributed by atoms with E-state index in [0.29, 0.717) is 11.3 Å². The molecule has 2 rings (SSSR count). The number of hydrogen-bond donors (Lipinski definition) is 1. The van der Waals surface area contributed by atoms with Gasteiger partial charge < -0.3 is 5.11 Å². The van der Waals surface area contributed by atoms with Crippen LogP contribution in [0.15, 0.2) is 36.7 Å². The molecule has 0 aromatic carbocycles. The highest BCUT2D eigenvalue weighted by molar-refractivity contribution is 5.93. The molecule has 0 saturated carbocycles. The first-order valence-electron chi connectivity index (χ1n) is 4.80. The zero-order valence-corrected chi connectivity index (χ0v) is 8.71. The van der Waals surface area contributed by atoms with Gasteiger partial charge in [0.05, 0.1) is 0 Å². The third-order valence-electron chi connectivity index (χ3n) is 2.23. The Morgan fingerprint density at radius 2 is 1.88 bits per heavy atom. The predicted octanol–water partition coefficient (Wildman–Crippen LogP) is 2.15. The predicted molar refractivity (Wildman–Crippen MR) is 59.2 cm³/mol. The van der Waals surface area contributed by atoms with Gasteiger partial charge in [0.25, 0.3) is 0 Å². The fourth-order valence-electron chi connectivity index (χ4n) is 1.48. The molecular formula is C12H10N2O2. The van der Waals surface area contributed by atoms with Crippen LogP contribution in [-0.4, -0.2) is 21.0 Å². The van der Waals surface area contributed by atoms with E-state index in [-0.39, 0.29) is 5.69 Å². The Labute approximate surface area is 92.6 Å². The third kappa shape index (κ3) is 1.91. The summed E-state index contributed by atoms with van der Waals surface area (Å²) in [6.07, 6.45) is 3.25. The molecule has 0 fully saturated rings. The van der Waals surface area contributed by atoms with Crippen LogP contribution >= 0.6 is 0 Å². The summed E-state index contributed by atoms with van der Waals surface area (Å²) in [6.45, 7) is 1.77. The molecule has 0 unspecified atom stereocenters. The zero-order valence-electron chi connectivity index (χ0n) is 8.71. The van der Waals surface area contributed by atoms with Gasteiger partial charge in [-0.15, -0.1) is 0 Å². The quantitative estimate of drug-likeness (QED) is 0.831. The van der Waals surface area contributed by atoms with E-state index in [0.717, 1.165) is 5.56 Å². The van der Waals surface area contributed by atoms with Crippen LogP contribution in [-0.2, 0) is 0 Å². The number of aromatic nitrogens is 2. The number of nitrogens with zero attached hydrogens (tertiary/aromatic N) is 2. The first kappa shape index (κ1) is 10.3. The number of carbonyl (C=O) groups is 1. The molecule has 2 aromatic heterocycles. The van der Waals surface area contributed by atoms with Crippen LogP contribution in [0.1, 0.15) is 16.2 Å². The highest BCUT2D eigenvalue weighted by atomic mass is 16.4. The number of aromatic carboxylic acids is 1. The van der Waals surface area contributed by atoms with Crippen molar-refractivity contribution in [1.82, 2.24) is 9.97 Å². The average Bonchev–Trinajstić information content (AvgIpc) is 2.30. The second-order valence-corrected chi connectivity index (χ2v) is 3.39. The minimum absolute atomic E-state index is 0.0752. The molecular weight excluding hydrogens is 204 g/mol. The summed E-state index contributed by atoms with van der Waals surface area (Å²) in [5, 5.41) is 9.07. The molecule has 0 spiro atoms. The van der Waals surface area contributed by atoms with Crippen molar-refractivity contribution < 1.29 is 9.90 Å². The monoisotopic (exact) mass is 214 g/mol. The second-order valence-electron chi connectivity index (χ2n) is 3.39. The lowest BCUT2D eigenvalue weighted by molar-refractivity contribution is 0.0691. The molecule has 0 radical (unpaired) electrons. The summed E-state index contributed by atoms with van der Waals surface area (Å²) in [7, 11) is 0. The van der Waals surface area contributed by atoms with Crippen molar-refractivity contribution in [3.63, 3.8) is 0 Å². The SMILES string of the molecule is Cc1ccc(-c2ccncc2)c(C(=O)O)n1. The summed E-state index contributed by atoms with van der Waals surface area (Å²) < 4.78 is 0. The molecule has 0 aliphatic heterocycles. The number of pyridine rings is 2. The normalized spacial score (nSPS) is 10.1. The molecule has 80 valence electrons. The van der Waals surface area contributed by atoms with Gasteiger partial charge in [0.2, 0.25) is 0 Å². The van der Waals surface area contributed by atoms with Crippen LogP contribution in [0.2, 0.25) is 0 Å². The van der Waals surface area contributed by atoms with Crippen molar-refractivity contribution >= 4 is 5.97 Å². The summed E-state index contributed by atoms with van der Waals surface area (Å²) in [4.78, 5) is 19.0. The van der Waals surface area contributed by atoms with Crippen LogP contribution in [0.4, 0.5) is 0 Å². The fraction of sp³-hybridized carbons (Fsp3) is 0.0833. The number of aryl methyl sites for hydroxylation is 1. The van der Waals surface area contributed by atoms with Crippen molar-refractivity contribution in [3.05, 3.63) is 48.0 Å². The van der Waals surface area contributed by atoms with Gasteiger partial charge >= 0.3 is 5.97 Å². The average molecular weight is 214 g/mol. The van der Waals surface area contributed by atoms with Crippen LogP contribution in [0, 0.1) is 6.92 Å². The first-order chi connectivity index (χ1) is 7.68. The Morgan fingerprint density at radius 1 is 1.19 bits per heavy atom. The van der Waals surface area contributed by atoms with E-state index in [1.807, 2.05) is 0 Å². The smallest absolute Gasteiger partial charge is 0.355 e. The second kappa shape index (κ2) is 4.10. The van der Waals surface area contributed by atoms with E-state index in [9.17, 15) is 4.79 Å². The molecule has 2 heterocycles. The van der Waals surface area contributed by atoms with Crippen LogP contribution in [0.3, 0.4) is 0 Å². The van der Waals surface area contributed by atoms with E-state index in [2.05, 4.69) is 9.97 Å². The number of carboxylic acids is 1. The third-order valence-corrected chi connectivity index (χ3v) is 2.23.